The van der Waals surface area contributed by atoms with Gasteiger partial charge in [-0.3, -0.25) is 0 Å². The summed E-state index contributed by atoms with van der Waals surface area (Å²) in [6.45, 7) is 0. The van der Waals surface area contributed by atoms with Gasteiger partial charge in [0.15, 0.2) is 0 Å². The normalized spacial score (nSPS) is 11.0. The third-order valence-electron chi connectivity index (χ3n) is 3.39. The van der Waals surface area contributed by atoms with Gasteiger partial charge in [-0.25, -0.2) is 4.39 Å². The van der Waals surface area contributed by atoms with Crippen LogP contribution in [-0.2, 0) is 6.42 Å². The predicted octanol–water partition coefficient (Wildman–Crippen LogP) is 4.17. The summed E-state index contributed by atoms with van der Waals surface area (Å²) < 4.78 is 24.0. The van der Waals surface area contributed by atoms with E-state index in [1.807, 2.05) is 6.07 Å². The quantitative estimate of drug-likeness (QED) is 0.546. The highest BCUT2D eigenvalue weighted by atomic mass is 35.5. The van der Waals surface area contributed by atoms with Crippen LogP contribution in [0.5, 0.6) is 0 Å². The molecule has 0 bridgehead atoms. The molecule has 0 saturated carbocycles. The van der Waals surface area contributed by atoms with Gasteiger partial charge in [-0.15, -0.1) is 10.2 Å². The molecule has 0 aliphatic carbocycles. The second-order valence-corrected chi connectivity index (χ2v) is 5.65. The first-order valence-corrected chi connectivity index (χ1v) is 7.72. The van der Waals surface area contributed by atoms with Crippen molar-refractivity contribution in [3.05, 3.63) is 71.2 Å². The largest absolute Gasteiger partial charge is 0.420 e. The summed E-state index contributed by atoms with van der Waals surface area (Å²) in [7, 11) is 0. The maximum atomic E-state index is 13.3. The first kappa shape index (κ1) is 15.5. The molecule has 2 aromatic carbocycles. The molecule has 0 aliphatic rings. The molecule has 0 amide bonds. The highest BCUT2D eigenvalue weighted by Gasteiger charge is 2.15. The van der Waals surface area contributed by atoms with E-state index < -0.39 is 0 Å². The molecule has 0 N–H and O–H groups in total. The fourth-order valence-corrected chi connectivity index (χ4v) is 2.45. The minimum Gasteiger partial charge on any atom is -0.420 e. The first-order chi connectivity index (χ1) is 12.2. The first-order valence-electron chi connectivity index (χ1n) is 7.34. The molecule has 0 fully saturated rings. The molecule has 0 saturated heterocycles. The number of hydrogen-bond donors (Lipinski definition) is 0. The smallest absolute Gasteiger partial charge is 0.247 e. The minimum atomic E-state index is -0.375. The number of aromatic nitrogens is 4. The van der Waals surface area contributed by atoms with Crippen LogP contribution in [0.2, 0.25) is 5.02 Å². The molecule has 2 heterocycles. The zero-order chi connectivity index (χ0) is 17.2. The van der Waals surface area contributed by atoms with Crippen LogP contribution in [-0.4, -0.2) is 20.3 Å². The molecule has 0 aliphatic heterocycles. The topological polar surface area (TPSA) is 77.8 Å². The number of nitrogens with zero attached hydrogens (tertiary/aromatic N) is 4. The average Bonchev–Trinajstić information content (AvgIpc) is 3.25. The van der Waals surface area contributed by atoms with Crippen molar-refractivity contribution < 1.29 is 13.3 Å². The van der Waals surface area contributed by atoms with Crippen LogP contribution in [0.4, 0.5) is 4.39 Å². The second-order valence-electron chi connectivity index (χ2n) is 5.21. The van der Waals surface area contributed by atoms with Gasteiger partial charge in [-0.2, -0.15) is 4.98 Å². The Balaban J connectivity index is 1.54. The molecule has 0 radical (unpaired) electrons. The van der Waals surface area contributed by atoms with Gasteiger partial charge < -0.3 is 8.94 Å². The Kier molecular flexibility index (Phi) is 3.99. The van der Waals surface area contributed by atoms with Crippen LogP contribution in [0.1, 0.15) is 11.8 Å². The van der Waals surface area contributed by atoms with Gasteiger partial charge in [0.2, 0.25) is 23.5 Å². The van der Waals surface area contributed by atoms with Gasteiger partial charge in [0, 0.05) is 16.1 Å². The van der Waals surface area contributed by atoms with Crippen molar-refractivity contribution in [3.8, 4) is 22.8 Å². The van der Waals surface area contributed by atoms with Crippen molar-refractivity contribution >= 4 is 11.6 Å². The zero-order valence-corrected chi connectivity index (χ0v) is 13.4. The number of rotatable bonds is 4. The molecule has 2 aromatic heterocycles. The van der Waals surface area contributed by atoms with E-state index in [1.54, 1.807) is 30.3 Å². The summed E-state index contributed by atoms with van der Waals surface area (Å²) in [6.07, 6.45) is 0.176. The number of hydrogen-bond acceptors (Lipinski definition) is 6. The fraction of sp³-hybridized carbons (Fsp3) is 0.0588. The van der Waals surface area contributed by atoms with Crippen LogP contribution in [0.3, 0.4) is 0 Å². The van der Waals surface area contributed by atoms with Gasteiger partial charge in [0.25, 0.3) is 0 Å². The highest BCUT2D eigenvalue weighted by molar-refractivity contribution is 6.30. The molecule has 0 atom stereocenters. The average molecular weight is 357 g/mol. The number of halogens is 2. The van der Waals surface area contributed by atoms with Crippen LogP contribution in [0, 0.1) is 5.82 Å². The molecule has 25 heavy (non-hydrogen) atoms. The van der Waals surface area contributed by atoms with Gasteiger partial charge in [-0.1, -0.05) is 35.0 Å². The van der Waals surface area contributed by atoms with Crippen molar-refractivity contribution in [2.75, 3.05) is 0 Å². The van der Waals surface area contributed by atoms with E-state index in [2.05, 4.69) is 20.3 Å². The fourth-order valence-electron chi connectivity index (χ4n) is 2.26. The Morgan fingerprint density at radius 3 is 2.64 bits per heavy atom. The number of benzene rings is 2. The molecular formula is C17H10ClFN4O2. The van der Waals surface area contributed by atoms with Gasteiger partial charge in [0.1, 0.15) is 12.2 Å². The van der Waals surface area contributed by atoms with E-state index in [0.717, 1.165) is 5.56 Å². The van der Waals surface area contributed by atoms with Crippen LogP contribution in [0.15, 0.2) is 57.5 Å². The minimum absolute atomic E-state index is 0.176. The second kappa shape index (κ2) is 6.45. The summed E-state index contributed by atoms with van der Waals surface area (Å²) >= 11 is 5.96. The van der Waals surface area contributed by atoms with Crippen molar-refractivity contribution in [2.24, 2.45) is 0 Å². The standard InChI is InChI=1S/C17H10ClFN4O2/c18-12-5-1-3-10(7-12)16-20-14(25-23-16)9-15-21-22-17(24-15)11-4-2-6-13(19)8-11/h1-8H,9H2. The van der Waals surface area contributed by atoms with Gasteiger partial charge in [0.05, 0.1) is 0 Å². The molecular weight excluding hydrogens is 347 g/mol. The third kappa shape index (κ3) is 3.41. The van der Waals surface area contributed by atoms with E-state index in [4.69, 9.17) is 20.5 Å². The molecule has 4 aromatic rings. The van der Waals surface area contributed by atoms with E-state index >= 15 is 0 Å². The highest BCUT2D eigenvalue weighted by Crippen LogP contribution is 2.22. The van der Waals surface area contributed by atoms with Crippen molar-refractivity contribution in [1.82, 2.24) is 20.3 Å². The maximum absolute atomic E-state index is 13.3. The lowest BCUT2D eigenvalue weighted by atomic mass is 10.2. The molecule has 124 valence electrons. The Bertz CT molecular complexity index is 949. The van der Waals surface area contributed by atoms with Gasteiger partial charge in [-0.05, 0) is 30.3 Å². The molecule has 0 spiro atoms. The van der Waals surface area contributed by atoms with Crippen LogP contribution < -0.4 is 0 Å². The maximum Gasteiger partial charge on any atom is 0.247 e. The Hall–Kier alpha value is -3.06. The summed E-state index contributed by atoms with van der Waals surface area (Å²) in [4.78, 5) is 4.29. The summed E-state index contributed by atoms with van der Waals surface area (Å²) in [5.41, 5.74) is 1.25. The van der Waals surface area contributed by atoms with E-state index in [-0.39, 0.29) is 18.1 Å². The van der Waals surface area contributed by atoms with Crippen molar-refractivity contribution in [3.63, 3.8) is 0 Å². The monoisotopic (exact) mass is 356 g/mol. The lowest BCUT2D eigenvalue weighted by molar-refractivity contribution is 0.374. The summed E-state index contributed by atoms with van der Waals surface area (Å²) in [5.74, 6) is 0.886. The lowest BCUT2D eigenvalue weighted by Crippen LogP contribution is -1.89. The zero-order valence-electron chi connectivity index (χ0n) is 12.7. The van der Waals surface area contributed by atoms with Crippen LogP contribution in [0.25, 0.3) is 22.8 Å². The summed E-state index contributed by atoms with van der Waals surface area (Å²) in [5, 5.41) is 12.3. The Morgan fingerprint density at radius 1 is 0.960 bits per heavy atom. The predicted molar refractivity (Wildman–Crippen MR) is 87.2 cm³/mol. The van der Waals surface area contributed by atoms with Crippen molar-refractivity contribution in [1.29, 1.82) is 0 Å². The van der Waals surface area contributed by atoms with Crippen LogP contribution >= 0.6 is 11.6 Å². The van der Waals surface area contributed by atoms with Gasteiger partial charge >= 0.3 is 0 Å². The Labute approximate surface area is 146 Å². The Morgan fingerprint density at radius 2 is 1.80 bits per heavy atom. The molecule has 0 unspecified atom stereocenters. The molecule has 4 rings (SSSR count). The van der Waals surface area contributed by atoms with Crippen molar-refractivity contribution in [2.45, 2.75) is 6.42 Å². The van der Waals surface area contributed by atoms with E-state index in [1.165, 1.54) is 12.1 Å². The molecule has 6 nitrogen and oxygen atoms in total. The molecule has 8 heteroatoms. The summed E-state index contributed by atoms with van der Waals surface area (Å²) in [6, 6.07) is 13.1. The SMILES string of the molecule is Fc1cccc(-c2nnc(Cc3nc(-c4cccc(Cl)c4)no3)o2)c1. The van der Waals surface area contributed by atoms with E-state index in [9.17, 15) is 4.39 Å². The van der Waals surface area contributed by atoms with E-state index in [0.29, 0.717) is 28.2 Å². The lowest BCUT2D eigenvalue weighted by Gasteiger charge is -1.94. The third-order valence-corrected chi connectivity index (χ3v) is 3.63.